The Kier molecular flexibility index (Phi) is 3.75. The smallest absolute Gasteiger partial charge is 0.226 e. The fraction of sp³-hybridized carbons (Fsp3) is 0.267. The van der Waals surface area contributed by atoms with Gasteiger partial charge in [-0.1, -0.05) is 38.1 Å². The molecule has 21 heavy (non-hydrogen) atoms. The van der Waals surface area contributed by atoms with Crippen molar-refractivity contribution in [1.82, 2.24) is 19.9 Å². The Hall–Kier alpha value is -2.14. The second kappa shape index (κ2) is 5.69. The average molecular weight is 302 g/mol. The third kappa shape index (κ3) is 2.97. The van der Waals surface area contributed by atoms with Crippen LogP contribution in [0.15, 0.2) is 30.6 Å². The van der Waals surface area contributed by atoms with E-state index in [9.17, 15) is 0 Å². The molecule has 0 bridgehead atoms. The Morgan fingerprint density at radius 2 is 1.95 bits per heavy atom. The minimum atomic E-state index is 0.187. The summed E-state index contributed by atoms with van der Waals surface area (Å²) >= 11 is 5.90. The second-order valence-electron chi connectivity index (χ2n) is 5.19. The van der Waals surface area contributed by atoms with Gasteiger partial charge in [0.2, 0.25) is 5.28 Å². The Morgan fingerprint density at radius 3 is 2.67 bits per heavy atom. The van der Waals surface area contributed by atoms with E-state index in [1.165, 1.54) is 11.1 Å². The molecule has 0 radical (unpaired) electrons. The molecule has 0 saturated heterocycles. The van der Waals surface area contributed by atoms with Gasteiger partial charge < -0.3 is 10.3 Å². The molecule has 0 fully saturated rings. The average Bonchev–Trinajstić information content (AvgIpc) is 2.93. The van der Waals surface area contributed by atoms with Crippen molar-refractivity contribution in [3.63, 3.8) is 0 Å². The van der Waals surface area contributed by atoms with E-state index in [1.54, 1.807) is 6.33 Å². The van der Waals surface area contributed by atoms with Gasteiger partial charge in [0.1, 0.15) is 5.52 Å². The number of halogens is 1. The van der Waals surface area contributed by atoms with Crippen molar-refractivity contribution in [2.75, 3.05) is 5.32 Å². The highest BCUT2D eigenvalue weighted by atomic mass is 35.5. The van der Waals surface area contributed by atoms with Gasteiger partial charge in [0.05, 0.1) is 6.33 Å². The Balaban J connectivity index is 1.78. The predicted octanol–water partition coefficient (Wildman–Crippen LogP) is 3.74. The highest BCUT2D eigenvalue weighted by Crippen LogP contribution is 2.20. The van der Waals surface area contributed by atoms with Crippen molar-refractivity contribution >= 4 is 28.6 Å². The molecule has 0 aliphatic carbocycles. The highest BCUT2D eigenvalue weighted by molar-refractivity contribution is 6.28. The molecule has 0 aliphatic rings. The summed E-state index contributed by atoms with van der Waals surface area (Å²) in [5, 5.41) is 3.46. The summed E-state index contributed by atoms with van der Waals surface area (Å²) in [6.07, 6.45) is 1.58. The van der Waals surface area contributed by atoms with Crippen LogP contribution in [0.1, 0.15) is 30.9 Å². The molecule has 0 saturated carbocycles. The molecule has 0 unspecified atom stereocenters. The lowest BCUT2D eigenvalue weighted by atomic mass is 10.0. The van der Waals surface area contributed by atoms with E-state index in [0.717, 1.165) is 5.52 Å². The molecule has 0 aliphatic heterocycles. The molecule has 2 heterocycles. The number of imidazole rings is 1. The van der Waals surface area contributed by atoms with Gasteiger partial charge in [-0.15, -0.1) is 0 Å². The maximum atomic E-state index is 5.90. The first kappa shape index (κ1) is 13.8. The summed E-state index contributed by atoms with van der Waals surface area (Å²) in [5.74, 6) is 1.20. The van der Waals surface area contributed by atoms with Gasteiger partial charge in [0.15, 0.2) is 11.5 Å². The fourth-order valence-corrected chi connectivity index (χ4v) is 2.31. The molecule has 108 valence electrons. The molecule has 3 rings (SSSR count). The van der Waals surface area contributed by atoms with Gasteiger partial charge >= 0.3 is 0 Å². The number of aromatic nitrogens is 4. The number of nitrogens with one attached hydrogen (secondary N) is 2. The van der Waals surface area contributed by atoms with E-state index >= 15 is 0 Å². The maximum absolute atomic E-state index is 5.90. The predicted molar refractivity (Wildman–Crippen MR) is 84.6 cm³/mol. The maximum Gasteiger partial charge on any atom is 0.226 e. The van der Waals surface area contributed by atoms with Crippen molar-refractivity contribution in [2.24, 2.45) is 0 Å². The normalized spacial score (nSPS) is 11.2. The zero-order valence-electron chi connectivity index (χ0n) is 11.9. The van der Waals surface area contributed by atoms with E-state index in [2.05, 4.69) is 63.4 Å². The van der Waals surface area contributed by atoms with Gasteiger partial charge in [-0.3, -0.25) is 0 Å². The van der Waals surface area contributed by atoms with Crippen molar-refractivity contribution < 1.29 is 0 Å². The van der Waals surface area contributed by atoms with Crippen molar-refractivity contribution in [3.05, 3.63) is 47.0 Å². The molecule has 5 nitrogen and oxygen atoms in total. The zero-order valence-corrected chi connectivity index (χ0v) is 12.6. The standard InChI is InChI=1S/C15H16ClN5/c1-9(2)11-5-3-10(4-6-11)7-17-13-12-14(19-8-18-12)21-15(16)20-13/h3-6,8-9H,7H2,1-2H3,(H2,17,18,19,20,21). The lowest BCUT2D eigenvalue weighted by Gasteiger charge is -2.09. The van der Waals surface area contributed by atoms with Crippen LogP contribution >= 0.6 is 11.6 Å². The van der Waals surface area contributed by atoms with Crippen LogP contribution in [0.25, 0.3) is 11.2 Å². The molecule has 1 aromatic carbocycles. The van der Waals surface area contributed by atoms with E-state index in [1.807, 2.05) is 0 Å². The minimum Gasteiger partial charge on any atom is -0.364 e. The molecule has 2 N–H and O–H groups in total. The monoisotopic (exact) mass is 301 g/mol. The zero-order chi connectivity index (χ0) is 14.8. The third-order valence-electron chi connectivity index (χ3n) is 3.36. The number of aromatic amines is 1. The van der Waals surface area contributed by atoms with Crippen LogP contribution in [0.4, 0.5) is 5.82 Å². The van der Waals surface area contributed by atoms with Gasteiger partial charge in [0, 0.05) is 6.54 Å². The summed E-state index contributed by atoms with van der Waals surface area (Å²) in [4.78, 5) is 15.4. The molecular formula is C15H16ClN5. The van der Waals surface area contributed by atoms with Crippen LogP contribution in [0.2, 0.25) is 5.28 Å². The summed E-state index contributed by atoms with van der Waals surface area (Å²) in [6, 6.07) is 8.55. The summed E-state index contributed by atoms with van der Waals surface area (Å²) < 4.78 is 0. The number of benzene rings is 1. The molecule has 3 aromatic rings. The quantitative estimate of drug-likeness (QED) is 0.720. The number of hydrogen-bond acceptors (Lipinski definition) is 4. The Morgan fingerprint density at radius 1 is 1.19 bits per heavy atom. The first-order valence-corrected chi connectivity index (χ1v) is 7.20. The topological polar surface area (TPSA) is 66.5 Å². The van der Waals surface area contributed by atoms with E-state index < -0.39 is 0 Å². The number of H-pyrrole nitrogens is 1. The van der Waals surface area contributed by atoms with Gasteiger partial charge in [-0.25, -0.2) is 4.98 Å². The Bertz CT molecular complexity index is 748. The van der Waals surface area contributed by atoms with Crippen molar-refractivity contribution in [1.29, 1.82) is 0 Å². The van der Waals surface area contributed by atoms with Crippen LogP contribution in [0.3, 0.4) is 0 Å². The molecular weight excluding hydrogens is 286 g/mol. The lowest BCUT2D eigenvalue weighted by Crippen LogP contribution is -2.03. The summed E-state index contributed by atoms with van der Waals surface area (Å²) in [7, 11) is 0. The van der Waals surface area contributed by atoms with E-state index in [4.69, 9.17) is 11.6 Å². The fourth-order valence-electron chi connectivity index (χ4n) is 2.14. The lowest BCUT2D eigenvalue weighted by molar-refractivity contribution is 0.865. The molecule has 0 atom stereocenters. The number of hydrogen-bond donors (Lipinski definition) is 2. The second-order valence-corrected chi connectivity index (χ2v) is 5.53. The van der Waals surface area contributed by atoms with Crippen LogP contribution < -0.4 is 5.32 Å². The summed E-state index contributed by atoms with van der Waals surface area (Å²) in [5.41, 5.74) is 3.84. The van der Waals surface area contributed by atoms with Gasteiger partial charge in [0.25, 0.3) is 0 Å². The van der Waals surface area contributed by atoms with Crippen LogP contribution in [0, 0.1) is 0 Å². The van der Waals surface area contributed by atoms with Gasteiger partial charge in [-0.2, -0.15) is 9.97 Å². The van der Waals surface area contributed by atoms with Crippen molar-refractivity contribution in [2.45, 2.75) is 26.3 Å². The van der Waals surface area contributed by atoms with Crippen LogP contribution in [-0.2, 0) is 6.54 Å². The number of rotatable bonds is 4. The number of nitrogens with zero attached hydrogens (tertiary/aromatic N) is 3. The minimum absolute atomic E-state index is 0.187. The van der Waals surface area contributed by atoms with Crippen LogP contribution in [-0.4, -0.2) is 19.9 Å². The first-order valence-electron chi connectivity index (χ1n) is 6.83. The number of fused-ring (bicyclic) bond motifs is 1. The molecule has 6 heteroatoms. The number of anilines is 1. The third-order valence-corrected chi connectivity index (χ3v) is 3.53. The van der Waals surface area contributed by atoms with Gasteiger partial charge in [-0.05, 0) is 28.6 Å². The first-order chi connectivity index (χ1) is 10.1. The Labute approximate surface area is 127 Å². The van der Waals surface area contributed by atoms with E-state index in [0.29, 0.717) is 23.9 Å². The largest absolute Gasteiger partial charge is 0.364 e. The van der Waals surface area contributed by atoms with Crippen LogP contribution in [0.5, 0.6) is 0 Å². The summed E-state index contributed by atoms with van der Waals surface area (Å²) in [6.45, 7) is 5.04. The SMILES string of the molecule is CC(C)c1ccc(CNc2nc(Cl)nc3nc[nH]c23)cc1. The molecule has 0 amide bonds. The molecule has 0 spiro atoms. The molecule has 2 aromatic heterocycles. The van der Waals surface area contributed by atoms with Crippen molar-refractivity contribution in [3.8, 4) is 0 Å². The van der Waals surface area contributed by atoms with E-state index in [-0.39, 0.29) is 5.28 Å². The highest BCUT2D eigenvalue weighted by Gasteiger charge is 2.08.